The molecule has 0 bridgehead atoms. The molecule has 1 aromatic rings. The van der Waals surface area contributed by atoms with Crippen molar-refractivity contribution in [2.75, 3.05) is 12.0 Å². The summed E-state index contributed by atoms with van der Waals surface area (Å²) in [5, 5.41) is 0.598. The first-order valence-corrected chi connectivity index (χ1v) is 4.13. The van der Waals surface area contributed by atoms with Crippen LogP contribution in [0.25, 0.3) is 0 Å². The molecule has 10 heavy (non-hydrogen) atoms. The van der Waals surface area contributed by atoms with Gasteiger partial charge in [0.25, 0.3) is 0 Å². The molecule has 0 atom stereocenters. The van der Waals surface area contributed by atoms with Crippen LogP contribution in [-0.4, -0.2) is 21.2 Å². The zero-order valence-electron chi connectivity index (χ0n) is 5.29. The molecular weight excluding hydrogens is 168 g/mol. The molecule has 1 heterocycles. The number of hydrogen-bond donors (Lipinski definition) is 2. The largest absolute Gasteiger partial charge is 0.369 e. The Balaban J connectivity index is 3.19. The minimum Gasteiger partial charge on any atom is -0.369 e. The van der Waals surface area contributed by atoms with Crippen LogP contribution in [0.5, 0.6) is 0 Å². The van der Waals surface area contributed by atoms with Crippen molar-refractivity contribution in [2.24, 2.45) is 0 Å². The molecular formula is C4H6N4S2. The third kappa shape index (κ3) is 1.68. The number of aromatic amines is 1. The van der Waals surface area contributed by atoms with Crippen molar-refractivity contribution >= 4 is 29.9 Å². The number of nitrogens with zero attached hydrogens (tertiary/aromatic N) is 2. The highest BCUT2D eigenvalue weighted by Crippen LogP contribution is 2.06. The van der Waals surface area contributed by atoms with E-state index in [1.54, 1.807) is 0 Å². The topological polar surface area (TPSA) is 67.6 Å². The van der Waals surface area contributed by atoms with Gasteiger partial charge in [-0.05, 0) is 18.5 Å². The van der Waals surface area contributed by atoms with Crippen LogP contribution >= 0.6 is 24.0 Å². The van der Waals surface area contributed by atoms with E-state index in [1.807, 2.05) is 6.26 Å². The minimum atomic E-state index is 0.310. The molecule has 0 unspecified atom stereocenters. The van der Waals surface area contributed by atoms with E-state index in [1.165, 1.54) is 11.8 Å². The second kappa shape index (κ2) is 2.98. The molecule has 0 saturated heterocycles. The molecule has 0 fully saturated rings. The molecule has 1 aromatic heterocycles. The molecule has 0 aliphatic carbocycles. The van der Waals surface area contributed by atoms with Gasteiger partial charge in [0, 0.05) is 0 Å². The standard InChI is InChI=1S/C4H6N4S2/c1-10-4-7-2(5)6-3(9)8-4/h1H3,(H3,5,6,7,8,9). The normalized spacial score (nSPS) is 9.70. The number of thioether (sulfide) groups is 1. The molecule has 6 heteroatoms. The summed E-state index contributed by atoms with van der Waals surface area (Å²) < 4.78 is 0.372. The van der Waals surface area contributed by atoms with Crippen molar-refractivity contribution in [1.82, 2.24) is 15.0 Å². The minimum absolute atomic E-state index is 0.310. The number of nitrogens with two attached hydrogens (primary N) is 1. The van der Waals surface area contributed by atoms with Crippen molar-refractivity contribution in [1.29, 1.82) is 0 Å². The molecule has 0 saturated carbocycles. The number of nitrogen functional groups attached to an aromatic ring is 1. The maximum atomic E-state index is 5.35. The van der Waals surface area contributed by atoms with Gasteiger partial charge in [0.05, 0.1) is 0 Å². The van der Waals surface area contributed by atoms with Gasteiger partial charge in [0.1, 0.15) is 0 Å². The molecule has 4 nitrogen and oxygen atoms in total. The van der Waals surface area contributed by atoms with Crippen LogP contribution in [0.15, 0.2) is 5.16 Å². The number of rotatable bonds is 1. The zero-order chi connectivity index (χ0) is 7.56. The van der Waals surface area contributed by atoms with Crippen LogP contribution in [0.4, 0.5) is 5.95 Å². The van der Waals surface area contributed by atoms with Gasteiger partial charge in [0.15, 0.2) is 5.16 Å². The summed E-state index contributed by atoms with van der Waals surface area (Å²) in [6.45, 7) is 0. The van der Waals surface area contributed by atoms with Gasteiger partial charge >= 0.3 is 0 Å². The quantitative estimate of drug-likeness (QED) is 0.488. The summed E-state index contributed by atoms with van der Waals surface area (Å²) >= 11 is 6.16. The Hall–Kier alpha value is -0.620. The molecule has 0 aliphatic rings. The predicted molar refractivity (Wildman–Crippen MR) is 43.4 cm³/mol. The molecule has 0 aromatic carbocycles. The number of hydrogen-bond acceptors (Lipinski definition) is 5. The molecule has 54 valence electrons. The lowest BCUT2D eigenvalue weighted by atomic mass is 11.0. The Morgan fingerprint density at radius 3 is 2.80 bits per heavy atom. The lowest BCUT2D eigenvalue weighted by Crippen LogP contribution is -1.98. The predicted octanol–water partition coefficient (Wildman–Crippen LogP) is 0.838. The van der Waals surface area contributed by atoms with Crippen molar-refractivity contribution in [3.63, 3.8) is 0 Å². The number of H-pyrrole nitrogens is 1. The van der Waals surface area contributed by atoms with Crippen LogP contribution in [0.1, 0.15) is 0 Å². The lowest BCUT2D eigenvalue weighted by molar-refractivity contribution is 0.903. The Morgan fingerprint density at radius 1 is 1.60 bits per heavy atom. The summed E-state index contributed by atoms with van der Waals surface area (Å²) in [5.41, 5.74) is 5.35. The van der Waals surface area contributed by atoms with Crippen molar-refractivity contribution in [3.8, 4) is 0 Å². The fraction of sp³-hybridized carbons (Fsp3) is 0.250. The third-order valence-corrected chi connectivity index (χ3v) is 1.57. The SMILES string of the molecule is CSc1nc(N)[nH]c(=S)n1. The second-order valence-corrected chi connectivity index (χ2v) is 2.69. The van der Waals surface area contributed by atoms with Gasteiger partial charge in [-0.1, -0.05) is 11.8 Å². The molecule has 1 rings (SSSR count). The first kappa shape index (κ1) is 7.49. The van der Waals surface area contributed by atoms with Gasteiger partial charge < -0.3 is 10.7 Å². The van der Waals surface area contributed by atoms with Crippen molar-refractivity contribution in [2.45, 2.75) is 5.16 Å². The number of anilines is 1. The van der Waals surface area contributed by atoms with E-state index in [9.17, 15) is 0 Å². The molecule has 0 aliphatic heterocycles. The lowest BCUT2D eigenvalue weighted by Gasteiger charge is -1.94. The molecule has 3 N–H and O–H groups in total. The Morgan fingerprint density at radius 2 is 2.30 bits per heavy atom. The van der Waals surface area contributed by atoms with Gasteiger partial charge in [0.2, 0.25) is 10.7 Å². The van der Waals surface area contributed by atoms with Crippen molar-refractivity contribution < 1.29 is 0 Å². The Kier molecular flexibility index (Phi) is 2.23. The van der Waals surface area contributed by atoms with E-state index in [0.717, 1.165) is 0 Å². The van der Waals surface area contributed by atoms with Gasteiger partial charge in [-0.2, -0.15) is 9.97 Å². The van der Waals surface area contributed by atoms with Crippen LogP contribution in [0, 0.1) is 4.77 Å². The number of nitrogens with one attached hydrogen (secondary N) is 1. The van der Waals surface area contributed by atoms with Crippen molar-refractivity contribution in [3.05, 3.63) is 4.77 Å². The molecule has 0 radical (unpaired) electrons. The highest BCUT2D eigenvalue weighted by molar-refractivity contribution is 7.98. The summed E-state index contributed by atoms with van der Waals surface area (Å²) in [6.07, 6.45) is 1.86. The third-order valence-electron chi connectivity index (χ3n) is 0.831. The maximum Gasteiger partial charge on any atom is 0.202 e. The average molecular weight is 174 g/mol. The van der Waals surface area contributed by atoms with Crippen LogP contribution in [0.2, 0.25) is 0 Å². The van der Waals surface area contributed by atoms with Crippen LogP contribution < -0.4 is 5.73 Å². The average Bonchev–Trinajstić information content (AvgIpc) is 1.85. The smallest absolute Gasteiger partial charge is 0.202 e. The van der Waals surface area contributed by atoms with Gasteiger partial charge in [-0.3, -0.25) is 0 Å². The Bertz CT molecular complexity index is 281. The van der Waals surface area contributed by atoms with Crippen LogP contribution in [-0.2, 0) is 0 Å². The highest BCUT2D eigenvalue weighted by atomic mass is 32.2. The monoisotopic (exact) mass is 174 g/mol. The summed E-state index contributed by atoms with van der Waals surface area (Å²) in [7, 11) is 0. The fourth-order valence-electron chi connectivity index (χ4n) is 0.472. The zero-order valence-corrected chi connectivity index (χ0v) is 6.92. The molecule has 0 amide bonds. The summed E-state index contributed by atoms with van der Waals surface area (Å²) in [4.78, 5) is 10.3. The van der Waals surface area contributed by atoms with E-state index in [2.05, 4.69) is 15.0 Å². The number of aromatic nitrogens is 3. The van der Waals surface area contributed by atoms with Crippen LogP contribution in [0.3, 0.4) is 0 Å². The first-order valence-electron chi connectivity index (χ1n) is 2.50. The fourth-order valence-corrected chi connectivity index (χ4v) is 1.09. The maximum absolute atomic E-state index is 5.35. The highest BCUT2D eigenvalue weighted by Gasteiger charge is 1.93. The Labute approximate surface area is 67.3 Å². The van der Waals surface area contributed by atoms with E-state index >= 15 is 0 Å². The molecule has 0 spiro atoms. The van der Waals surface area contributed by atoms with Gasteiger partial charge in [-0.15, -0.1) is 0 Å². The summed E-state index contributed by atoms with van der Waals surface area (Å²) in [5.74, 6) is 0.310. The van der Waals surface area contributed by atoms with E-state index in [4.69, 9.17) is 18.0 Å². The summed E-state index contributed by atoms with van der Waals surface area (Å²) in [6, 6.07) is 0. The van der Waals surface area contributed by atoms with Gasteiger partial charge in [-0.25, -0.2) is 0 Å². The van der Waals surface area contributed by atoms with E-state index < -0.39 is 0 Å². The second-order valence-electron chi connectivity index (χ2n) is 1.53. The van der Waals surface area contributed by atoms with E-state index in [-0.39, 0.29) is 0 Å². The first-order chi connectivity index (χ1) is 4.72. The van der Waals surface area contributed by atoms with E-state index in [0.29, 0.717) is 15.9 Å².